The summed E-state index contributed by atoms with van der Waals surface area (Å²) in [7, 11) is 0. The molecule has 2 aromatic carbocycles. The molecule has 1 aliphatic heterocycles. The van der Waals surface area contributed by atoms with Gasteiger partial charge in [0.25, 0.3) is 0 Å². The van der Waals surface area contributed by atoms with E-state index in [0.717, 1.165) is 49.5 Å². The number of pyridine rings is 1. The van der Waals surface area contributed by atoms with Crippen LogP contribution in [0.5, 0.6) is 5.75 Å². The number of likely N-dealkylation sites (tertiary alicyclic amines) is 1. The highest BCUT2D eigenvalue weighted by Gasteiger charge is 2.27. The van der Waals surface area contributed by atoms with Crippen LogP contribution in [0.3, 0.4) is 0 Å². The molecule has 3 aromatic rings. The van der Waals surface area contributed by atoms with E-state index in [1.807, 2.05) is 78.9 Å². The van der Waals surface area contributed by atoms with Crippen LogP contribution in [-0.2, 0) is 4.79 Å². The molecule has 1 aromatic heterocycles. The molecule has 1 amide bonds. The summed E-state index contributed by atoms with van der Waals surface area (Å²) in [6, 6.07) is 25.5. The third kappa shape index (κ3) is 5.92. The van der Waals surface area contributed by atoms with Gasteiger partial charge in [-0.3, -0.25) is 14.7 Å². The van der Waals surface area contributed by atoms with Crippen molar-refractivity contribution < 1.29 is 9.53 Å². The van der Waals surface area contributed by atoms with Crippen molar-refractivity contribution in [1.82, 2.24) is 15.2 Å². The maximum absolute atomic E-state index is 13.1. The summed E-state index contributed by atoms with van der Waals surface area (Å²) >= 11 is 0. The second-order valence-electron chi connectivity index (χ2n) is 7.88. The Hall–Kier alpha value is -3.18. The topological polar surface area (TPSA) is 54.5 Å². The van der Waals surface area contributed by atoms with Crippen LogP contribution in [0.25, 0.3) is 0 Å². The van der Waals surface area contributed by atoms with Crippen molar-refractivity contribution in [1.29, 1.82) is 0 Å². The van der Waals surface area contributed by atoms with E-state index in [2.05, 4.69) is 15.2 Å². The fourth-order valence-corrected chi connectivity index (χ4v) is 4.01. The van der Waals surface area contributed by atoms with Gasteiger partial charge in [-0.1, -0.05) is 54.6 Å². The zero-order valence-electron chi connectivity index (χ0n) is 17.7. The van der Waals surface area contributed by atoms with Gasteiger partial charge in [0, 0.05) is 18.7 Å². The Labute approximate surface area is 184 Å². The number of aromatic nitrogens is 1. The molecule has 31 heavy (non-hydrogen) atoms. The van der Waals surface area contributed by atoms with Crippen LogP contribution < -0.4 is 10.1 Å². The summed E-state index contributed by atoms with van der Waals surface area (Å²) in [5.74, 6) is 1.04. The Kier molecular flexibility index (Phi) is 7.29. The van der Waals surface area contributed by atoms with E-state index >= 15 is 0 Å². The zero-order chi connectivity index (χ0) is 21.3. The smallest absolute Gasteiger partial charge is 0.224 e. The fourth-order valence-electron chi connectivity index (χ4n) is 4.01. The lowest BCUT2D eigenvalue weighted by atomic mass is 9.94. The molecule has 0 radical (unpaired) electrons. The first-order valence-electron chi connectivity index (χ1n) is 11.0. The lowest BCUT2D eigenvalue weighted by Crippen LogP contribution is -2.42. The van der Waals surface area contributed by atoms with E-state index < -0.39 is 0 Å². The first-order valence-corrected chi connectivity index (χ1v) is 11.0. The van der Waals surface area contributed by atoms with E-state index in [9.17, 15) is 4.79 Å². The second kappa shape index (κ2) is 10.7. The van der Waals surface area contributed by atoms with Crippen molar-refractivity contribution in [3.63, 3.8) is 0 Å². The normalized spacial score (nSPS) is 15.9. The molecule has 1 saturated heterocycles. The van der Waals surface area contributed by atoms with Crippen LogP contribution in [0.4, 0.5) is 0 Å². The molecular formula is C26H29N3O2. The van der Waals surface area contributed by atoms with Gasteiger partial charge in [0.05, 0.1) is 11.7 Å². The molecule has 1 fully saturated rings. The van der Waals surface area contributed by atoms with Gasteiger partial charge in [-0.15, -0.1) is 0 Å². The molecule has 0 unspecified atom stereocenters. The SMILES string of the molecule is O=C(N[C@@H](c1ccccc1)c1ccccn1)C1CCN(CCOc2ccccc2)CC1. The average Bonchev–Trinajstić information content (AvgIpc) is 2.84. The Balaban J connectivity index is 1.29. The number of ether oxygens (including phenoxy) is 1. The molecule has 0 spiro atoms. The minimum atomic E-state index is -0.229. The summed E-state index contributed by atoms with van der Waals surface area (Å²) in [6.07, 6.45) is 3.50. The van der Waals surface area contributed by atoms with Crippen molar-refractivity contribution in [2.75, 3.05) is 26.2 Å². The number of nitrogens with zero attached hydrogens (tertiary/aromatic N) is 2. The highest BCUT2D eigenvalue weighted by atomic mass is 16.5. The van der Waals surface area contributed by atoms with Crippen LogP contribution in [0.1, 0.15) is 30.1 Å². The van der Waals surface area contributed by atoms with Gasteiger partial charge in [-0.2, -0.15) is 0 Å². The predicted molar refractivity (Wildman–Crippen MR) is 122 cm³/mol. The molecular weight excluding hydrogens is 386 g/mol. The lowest BCUT2D eigenvalue weighted by molar-refractivity contribution is -0.127. The number of amides is 1. The number of hydrogen-bond acceptors (Lipinski definition) is 4. The summed E-state index contributed by atoms with van der Waals surface area (Å²) < 4.78 is 5.81. The fraction of sp³-hybridized carbons (Fsp3) is 0.308. The number of nitrogens with one attached hydrogen (secondary N) is 1. The summed E-state index contributed by atoms with van der Waals surface area (Å²) in [5, 5.41) is 3.25. The number of piperidine rings is 1. The predicted octanol–water partition coefficient (Wildman–Crippen LogP) is 4.08. The van der Waals surface area contributed by atoms with Crippen molar-refractivity contribution in [3.05, 3.63) is 96.3 Å². The molecule has 5 heteroatoms. The standard InChI is InChI=1S/C26H29N3O2/c30-26(28-25(21-9-3-1-4-10-21)24-13-7-8-16-27-24)22-14-17-29(18-15-22)19-20-31-23-11-5-2-6-12-23/h1-13,16,22,25H,14-15,17-20H2,(H,28,30)/t25-/m0/s1. The second-order valence-corrected chi connectivity index (χ2v) is 7.88. The van der Waals surface area contributed by atoms with Gasteiger partial charge in [0.1, 0.15) is 12.4 Å². The number of carbonyl (C=O) groups is 1. The quantitative estimate of drug-likeness (QED) is 0.602. The van der Waals surface area contributed by atoms with Crippen molar-refractivity contribution in [2.45, 2.75) is 18.9 Å². The van der Waals surface area contributed by atoms with Gasteiger partial charge in [0.2, 0.25) is 5.91 Å². The van der Waals surface area contributed by atoms with E-state index in [4.69, 9.17) is 4.74 Å². The number of para-hydroxylation sites is 1. The number of rotatable bonds is 8. The number of hydrogen-bond donors (Lipinski definition) is 1. The third-order valence-electron chi connectivity index (χ3n) is 5.78. The molecule has 0 saturated carbocycles. The molecule has 4 rings (SSSR count). The van der Waals surface area contributed by atoms with E-state index in [0.29, 0.717) is 6.61 Å². The first kappa shape index (κ1) is 21.1. The van der Waals surface area contributed by atoms with Gasteiger partial charge < -0.3 is 10.1 Å². The van der Waals surface area contributed by atoms with Crippen LogP contribution in [0.15, 0.2) is 85.1 Å². The van der Waals surface area contributed by atoms with Gasteiger partial charge in [-0.05, 0) is 55.8 Å². The highest BCUT2D eigenvalue weighted by molar-refractivity contribution is 5.79. The van der Waals surface area contributed by atoms with Crippen molar-refractivity contribution in [2.24, 2.45) is 5.92 Å². The zero-order valence-corrected chi connectivity index (χ0v) is 17.7. The molecule has 1 atom stereocenters. The first-order chi connectivity index (χ1) is 15.3. The van der Waals surface area contributed by atoms with Crippen molar-refractivity contribution >= 4 is 5.91 Å². The summed E-state index contributed by atoms with van der Waals surface area (Å²) in [6.45, 7) is 3.37. The molecule has 0 aliphatic carbocycles. The number of carbonyl (C=O) groups excluding carboxylic acids is 1. The van der Waals surface area contributed by atoms with E-state index in [1.54, 1.807) is 6.20 Å². The Morgan fingerprint density at radius 3 is 2.32 bits per heavy atom. The maximum Gasteiger partial charge on any atom is 0.224 e. The molecule has 160 valence electrons. The Morgan fingerprint density at radius 2 is 1.65 bits per heavy atom. The van der Waals surface area contributed by atoms with Crippen LogP contribution >= 0.6 is 0 Å². The Bertz CT molecular complexity index is 887. The molecule has 1 N–H and O–H groups in total. The monoisotopic (exact) mass is 415 g/mol. The van der Waals surface area contributed by atoms with Crippen LogP contribution in [-0.4, -0.2) is 42.0 Å². The molecule has 1 aliphatic rings. The molecule has 0 bridgehead atoms. The minimum Gasteiger partial charge on any atom is -0.492 e. The molecule has 2 heterocycles. The highest BCUT2D eigenvalue weighted by Crippen LogP contribution is 2.23. The third-order valence-corrected chi connectivity index (χ3v) is 5.78. The summed E-state index contributed by atoms with van der Waals surface area (Å²) in [5.41, 5.74) is 1.91. The number of benzene rings is 2. The largest absolute Gasteiger partial charge is 0.492 e. The maximum atomic E-state index is 13.1. The van der Waals surface area contributed by atoms with Gasteiger partial charge in [-0.25, -0.2) is 0 Å². The summed E-state index contributed by atoms with van der Waals surface area (Å²) in [4.78, 5) is 19.9. The minimum absolute atomic E-state index is 0.0289. The average molecular weight is 416 g/mol. The van der Waals surface area contributed by atoms with Gasteiger partial charge in [0.15, 0.2) is 0 Å². The Morgan fingerprint density at radius 1 is 0.968 bits per heavy atom. The van der Waals surface area contributed by atoms with Crippen molar-refractivity contribution in [3.8, 4) is 5.75 Å². The molecule has 5 nitrogen and oxygen atoms in total. The van der Waals surface area contributed by atoms with Crippen LogP contribution in [0.2, 0.25) is 0 Å². The van der Waals surface area contributed by atoms with E-state index in [1.165, 1.54) is 0 Å². The van der Waals surface area contributed by atoms with Crippen LogP contribution in [0, 0.1) is 5.92 Å². The van der Waals surface area contributed by atoms with E-state index in [-0.39, 0.29) is 17.9 Å². The van der Waals surface area contributed by atoms with Gasteiger partial charge >= 0.3 is 0 Å². The lowest BCUT2D eigenvalue weighted by Gasteiger charge is -2.32.